The molecule has 0 amide bonds. The van der Waals surface area contributed by atoms with E-state index >= 15 is 0 Å². The number of nitrogens with two attached hydrogens (primary N) is 1. The topological polar surface area (TPSA) is 55.9 Å². The van der Waals surface area contributed by atoms with Gasteiger partial charge in [0.25, 0.3) is 0 Å². The Morgan fingerprint density at radius 3 is 2.58 bits per heavy atom. The normalized spacial score (nSPS) is 10.6. The van der Waals surface area contributed by atoms with E-state index in [2.05, 4.69) is 14.9 Å². The Bertz CT molecular complexity index is 502. The number of nitrogens with one attached hydrogen (secondary N) is 1. The Morgan fingerprint density at radius 2 is 1.95 bits per heavy atom. The average molecular weight is 299 g/mol. The van der Waals surface area contributed by atoms with Crippen molar-refractivity contribution < 1.29 is 0 Å². The number of unbranched alkanes of at least 4 members (excludes halogenated alkanes) is 1. The van der Waals surface area contributed by atoms with Gasteiger partial charge in [0, 0.05) is 31.2 Å². The Balaban J connectivity index is 1.77. The molecular formula is C13H16Cl2N4. The largest absolute Gasteiger partial charge is 0.399 e. The molecule has 3 N–H and O–H groups in total. The number of imidazole rings is 1. The van der Waals surface area contributed by atoms with Crippen LogP contribution in [-0.2, 0) is 6.54 Å². The SMILES string of the molecule is Nc1cc(Cl)c(NCCCCn2ccnc2)c(Cl)c1. The molecule has 2 aromatic rings. The summed E-state index contributed by atoms with van der Waals surface area (Å²) in [6, 6.07) is 3.39. The molecule has 0 aliphatic rings. The van der Waals surface area contributed by atoms with E-state index in [0.29, 0.717) is 15.7 Å². The Labute approximate surface area is 122 Å². The minimum Gasteiger partial charge on any atom is -0.399 e. The summed E-state index contributed by atoms with van der Waals surface area (Å²) in [5, 5.41) is 4.35. The van der Waals surface area contributed by atoms with E-state index in [1.165, 1.54) is 0 Å². The van der Waals surface area contributed by atoms with Gasteiger partial charge in [-0.3, -0.25) is 0 Å². The van der Waals surface area contributed by atoms with Gasteiger partial charge < -0.3 is 15.6 Å². The molecular weight excluding hydrogens is 283 g/mol. The first kappa shape index (κ1) is 14.0. The Hall–Kier alpha value is -1.39. The standard InChI is InChI=1S/C13H16Cl2N4/c14-11-7-10(16)8-12(15)13(11)18-3-1-2-5-19-6-4-17-9-19/h4,6-9,18H,1-3,5,16H2. The summed E-state index contributed by atoms with van der Waals surface area (Å²) < 4.78 is 2.06. The second-order valence-electron chi connectivity index (χ2n) is 4.29. The molecule has 0 fully saturated rings. The van der Waals surface area contributed by atoms with E-state index < -0.39 is 0 Å². The van der Waals surface area contributed by atoms with Crippen molar-refractivity contribution in [2.45, 2.75) is 19.4 Å². The minimum atomic E-state index is 0.555. The number of hydrogen-bond donors (Lipinski definition) is 2. The van der Waals surface area contributed by atoms with Gasteiger partial charge in [0.2, 0.25) is 0 Å². The summed E-state index contributed by atoms with van der Waals surface area (Å²) in [7, 11) is 0. The monoisotopic (exact) mass is 298 g/mol. The average Bonchev–Trinajstić information content (AvgIpc) is 2.84. The fourth-order valence-corrected chi connectivity index (χ4v) is 2.45. The number of benzene rings is 1. The lowest BCUT2D eigenvalue weighted by Gasteiger charge is -2.11. The van der Waals surface area contributed by atoms with Crippen molar-refractivity contribution in [2.75, 3.05) is 17.6 Å². The highest BCUT2D eigenvalue weighted by atomic mass is 35.5. The van der Waals surface area contributed by atoms with E-state index in [4.69, 9.17) is 28.9 Å². The number of anilines is 2. The highest BCUT2D eigenvalue weighted by Gasteiger charge is 2.06. The van der Waals surface area contributed by atoms with Crippen LogP contribution >= 0.6 is 23.2 Å². The van der Waals surface area contributed by atoms with Crippen LogP contribution in [0.1, 0.15) is 12.8 Å². The molecule has 0 bridgehead atoms. The van der Waals surface area contributed by atoms with Crippen molar-refractivity contribution in [1.29, 1.82) is 0 Å². The van der Waals surface area contributed by atoms with Crippen molar-refractivity contribution in [3.63, 3.8) is 0 Å². The van der Waals surface area contributed by atoms with Crippen LogP contribution in [0.25, 0.3) is 0 Å². The molecule has 19 heavy (non-hydrogen) atoms. The van der Waals surface area contributed by atoms with Gasteiger partial charge in [0.05, 0.1) is 22.1 Å². The molecule has 0 saturated carbocycles. The lowest BCUT2D eigenvalue weighted by Crippen LogP contribution is -2.05. The molecule has 1 aromatic carbocycles. The molecule has 1 heterocycles. The van der Waals surface area contributed by atoms with Crippen molar-refractivity contribution in [2.24, 2.45) is 0 Å². The smallest absolute Gasteiger partial charge is 0.0945 e. The van der Waals surface area contributed by atoms with Crippen LogP contribution in [0.4, 0.5) is 11.4 Å². The minimum absolute atomic E-state index is 0.555. The molecule has 102 valence electrons. The van der Waals surface area contributed by atoms with Gasteiger partial charge in [-0.25, -0.2) is 4.98 Å². The first-order chi connectivity index (χ1) is 9.16. The third kappa shape index (κ3) is 4.04. The maximum absolute atomic E-state index is 6.09. The third-order valence-corrected chi connectivity index (χ3v) is 3.36. The zero-order valence-electron chi connectivity index (χ0n) is 10.4. The molecule has 6 heteroatoms. The number of aryl methyl sites for hydroxylation is 1. The zero-order valence-corrected chi connectivity index (χ0v) is 12.0. The zero-order chi connectivity index (χ0) is 13.7. The molecule has 0 atom stereocenters. The molecule has 0 aliphatic heterocycles. The third-order valence-electron chi connectivity index (χ3n) is 2.77. The molecule has 0 aliphatic carbocycles. The van der Waals surface area contributed by atoms with Gasteiger partial charge in [-0.15, -0.1) is 0 Å². The number of hydrogen-bond acceptors (Lipinski definition) is 3. The van der Waals surface area contributed by atoms with Crippen molar-refractivity contribution >= 4 is 34.6 Å². The first-order valence-corrected chi connectivity index (χ1v) is 6.86. The Kier molecular flexibility index (Phi) is 4.93. The van der Waals surface area contributed by atoms with Crippen LogP contribution in [0.5, 0.6) is 0 Å². The second-order valence-corrected chi connectivity index (χ2v) is 5.11. The maximum Gasteiger partial charge on any atom is 0.0945 e. The lowest BCUT2D eigenvalue weighted by molar-refractivity contribution is 0.621. The summed E-state index contributed by atoms with van der Waals surface area (Å²) >= 11 is 12.2. The maximum atomic E-state index is 6.09. The molecule has 0 radical (unpaired) electrons. The van der Waals surface area contributed by atoms with Gasteiger partial charge in [-0.05, 0) is 25.0 Å². The van der Waals surface area contributed by atoms with Gasteiger partial charge in [-0.1, -0.05) is 23.2 Å². The van der Waals surface area contributed by atoms with Gasteiger partial charge in [-0.2, -0.15) is 0 Å². The van der Waals surface area contributed by atoms with Crippen molar-refractivity contribution in [3.05, 3.63) is 40.9 Å². The number of nitrogens with zero attached hydrogens (tertiary/aromatic N) is 2. The summed E-state index contributed by atoms with van der Waals surface area (Å²) in [4.78, 5) is 4.00. The fraction of sp³-hybridized carbons (Fsp3) is 0.308. The van der Waals surface area contributed by atoms with Crippen molar-refractivity contribution in [1.82, 2.24) is 9.55 Å². The highest BCUT2D eigenvalue weighted by molar-refractivity contribution is 6.39. The highest BCUT2D eigenvalue weighted by Crippen LogP contribution is 2.32. The predicted molar refractivity (Wildman–Crippen MR) is 80.8 cm³/mol. The molecule has 0 unspecified atom stereocenters. The summed E-state index contributed by atoms with van der Waals surface area (Å²) in [5.41, 5.74) is 6.97. The van der Waals surface area contributed by atoms with Crippen LogP contribution in [0, 0.1) is 0 Å². The number of aromatic nitrogens is 2. The van der Waals surface area contributed by atoms with Crippen molar-refractivity contribution in [3.8, 4) is 0 Å². The fourth-order valence-electron chi connectivity index (χ4n) is 1.81. The first-order valence-electron chi connectivity index (χ1n) is 6.11. The summed E-state index contributed by atoms with van der Waals surface area (Å²) in [6.45, 7) is 1.78. The molecule has 0 spiro atoms. The second kappa shape index (κ2) is 6.68. The summed E-state index contributed by atoms with van der Waals surface area (Å²) in [6.07, 6.45) is 7.65. The van der Waals surface area contributed by atoms with E-state index in [-0.39, 0.29) is 0 Å². The number of nitrogen functional groups attached to an aromatic ring is 1. The molecule has 0 saturated heterocycles. The van der Waals surface area contributed by atoms with E-state index in [1.807, 2.05) is 12.5 Å². The van der Waals surface area contributed by atoms with Crippen LogP contribution in [-0.4, -0.2) is 16.1 Å². The number of halogens is 2. The number of rotatable bonds is 6. The molecule has 1 aromatic heterocycles. The van der Waals surface area contributed by atoms with Crippen LogP contribution in [0.3, 0.4) is 0 Å². The molecule has 2 rings (SSSR count). The van der Waals surface area contributed by atoms with Crippen LogP contribution in [0.2, 0.25) is 10.0 Å². The van der Waals surface area contributed by atoms with E-state index in [0.717, 1.165) is 31.6 Å². The van der Waals surface area contributed by atoms with Gasteiger partial charge in [0.15, 0.2) is 0 Å². The Morgan fingerprint density at radius 1 is 1.21 bits per heavy atom. The summed E-state index contributed by atoms with van der Waals surface area (Å²) in [5.74, 6) is 0. The lowest BCUT2D eigenvalue weighted by atomic mass is 10.2. The van der Waals surface area contributed by atoms with Gasteiger partial charge in [0.1, 0.15) is 0 Å². The quantitative estimate of drug-likeness (QED) is 0.632. The van der Waals surface area contributed by atoms with E-state index in [1.54, 1.807) is 18.3 Å². The molecule has 4 nitrogen and oxygen atoms in total. The van der Waals surface area contributed by atoms with Gasteiger partial charge >= 0.3 is 0 Å². The van der Waals surface area contributed by atoms with Crippen LogP contribution in [0.15, 0.2) is 30.9 Å². The predicted octanol–water partition coefficient (Wildman–Crippen LogP) is 3.66. The van der Waals surface area contributed by atoms with E-state index in [9.17, 15) is 0 Å². The van der Waals surface area contributed by atoms with Crippen LogP contribution < -0.4 is 11.1 Å².